The molecule has 0 aliphatic heterocycles. The van der Waals surface area contributed by atoms with Crippen molar-refractivity contribution < 1.29 is 28.6 Å². The van der Waals surface area contributed by atoms with Crippen LogP contribution in [0.5, 0.6) is 11.5 Å². The van der Waals surface area contributed by atoms with Crippen LogP contribution in [0, 0.1) is 19.7 Å². The third-order valence-corrected chi connectivity index (χ3v) is 5.04. The number of pyridine rings is 1. The number of aryl methyl sites for hydroxylation is 2. The van der Waals surface area contributed by atoms with E-state index in [0.717, 1.165) is 16.7 Å². The third kappa shape index (κ3) is 5.06. The maximum absolute atomic E-state index is 13.6. The Labute approximate surface area is 175 Å². The molecule has 2 aromatic rings. The van der Waals surface area contributed by atoms with Crippen molar-refractivity contribution in [3.05, 3.63) is 52.6 Å². The van der Waals surface area contributed by atoms with E-state index in [9.17, 15) is 19.1 Å². The molecule has 0 spiro atoms. The summed E-state index contributed by atoms with van der Waals surface area (Å²) in [5.74, 6) is -2.18. The van der Waals surface area contributed by atoms with Gasteiger partial charge in [-0.25, -0.2) is 14.2 Å². The monoisotopic (exact) mass is 418 g/mol. The summed E-state index contributed by atoms with van der Waals surface area (Å²) < 4.78 is 24.0. The summed E-state index contributed by atoms with van der Waals surface area (Å²) >= 11 is 0. The zero-order valence-electron chi connectivity index (χ0n) is 17.9. The van der Waals surface area contributed by atoms with E-state index in [4.69, 9.17) is 9.47 Å². The van der Waals surface area contributed by atoms with Gasteiger partial charge in [0, 0.05) is 18.2 Å². The highest BCUT2D eigenvalue weighted by molar-refractivity contribution is 5.97. The molecule has 30 heavy (non-hydrogen) atoms. The fourth-order valence-electron chi connectivity index (χ4n) is 3.35. The first-order valence-electron chi connectivity index (χ1n) is 9.56. The first kappa shape index (κ1) is 23.1. The van der Waals surface area contributed by atoms with Crippen molar-refractivity contribution in [2.24, 2.45) is 0 Å². The second-order valence-corrected chi connectivity index (χ2v) is 7.29. The largest absolute Gasteiger partial charge is 0.503 e. The first-order valence-corrected chi connectivity index (χ1v) is 9.56. The number of carbonyl (C=O) groups is 2. The van der Waals surface area contributed by atoms with E-state index < -0.39 is 29.8 Å². The van der Waals surface area contributed by atoms with Crippen LogP contribution in [0.1, 0.15) is 53.9 Å². The standard InChI is InChI=1S/C22H27FN2O5/c1-11-9-16(23)10-12(2)18(11)13(3)15(5)30-22(28)14(4)25-21(27)19-20(26)17(29-6)7-8-24-19/h7-10,13-15,26H,1-6H3,(H,25,27)/t13-,14+,15+/m1/s1. The van der Waals surface area contributed by atoms with Crippen LogP contribution in [0.25, 0.3) is 0 Å². The molecule has 1 amide bonds. The van der Waals surface area contributed by atoms with Crippen LogP contribution in [0.2, 0.25) is 0 Å². The zero-order valence-corrected chi connectivity index (χ0v) is 17.9. The Bertz CT molecular complexity index is 924. The first-order chi connectivity index (χ1) is 14.1. The fraction of sp³-hybridized carbons (Fsp3) is 0.409. The van der Waals surface area contributed by atoms with Crippen LogP contribution in [0.3, 0.4) is 0 Å². The predicted octanol–water partition coefficient (Wildman–Crippen LogP) is 3.41. The number of rotatable bonds is 7. The van der Waals surface area contributed by atoms with E-state index in [0.29, 0.717) is 0 Å². The highest BCUT2D eigenvalue weighted by Crippen LogP contribution is 2.29. The molecule has 1 aromatic carbocycles. The van der Waals surface area contributed by atoms with E-state index in [1.54, 1.807) is 6.92 Å². The smallest absolute Gasteiger partial charge is 0.328 e. The summed E-state index contributed by atoms with van der Waals surface area (Å²) in [5, 5.41) is 12.5. The molecule has 0 aliphatic rings. The molecule has 1 heterocycles. The minimum absolute atomic E-state index is 0.0952. The van der Waals surface area contributed by atoms with Gasteiger partial charge in [0.25, 0.3) is 5.91 Å². The van der Waals surface area contributed by atoms with Crippen LogP contribution in [0.15, 0.2) is 24.4 Å². The number of hydrogen-bond acceptors (Lipinski definition) is 6. The Morgan fingerprint density at radius 1 is 1.17 bits per heavy atom. The Balaban J connectivity index is 2.06. The SMILES string of the molecule is COc1ccnc(C(=O)N[C@@H](C)C(=O)O[C@@H](C)[C@@H](C)c2c(C)cc(F)cc2C)c1O. The van der Waals surface area contributed by atoms with Crippen molar-refractivity contribution in [1.82, 2.24) is 10.3 Å². The van der Waals surface area contributed by atoms with Gasteiger partial charge in [-0.05, 0) is 56.5 Å². The molecule has 0 saturated carbocycles. The molecule has 0 bridgehead atoms. The van der Waals surface area contributed by atoms with Gasteiger partial charge in [0.1, 0.15) is 18.0 Å². The second kappa shape index (κ2) is 9.56. The molecule has 8 heteroatoms. The summed E-state index contributed by atoms with van der Waals surface area (Å²) in [5.41, 5.74) is 2.22. The van der Waals surface area contributed by atoms with E-state index in [1.807, 2.05) is 20.8 Å². The number of aromatic hydroxyl groups is 1. The minimum atomic E-state index is -0.977. The van der Waals surface area contributed by atoms with E-state index in [1.165, 1.54) is 38.4 Å². The summed E-state index contributed by atoms with van der Waals surface area (Å²) in [6.45, 7) is 8.74. The van der Waals surface area contributed by atoms with Gasteiger partial charge >= 0.3 is 5.97 Å². The Kier molecular flexibility index (Phi) is 7.37. The third-order valence-electron chi connectivity index (χ3n) is 5.04. The van der Waals surface area contributed by atoms with Gasteiger partial charge in [-0.1, -0.05) is 6.92 Å². The zero-order chi connectivity index (χ0) is 22.6. The molecule has 2 rings (SSSR count). The lowest BCUT2D eigenvalue weighted by atomic mass is 9.88. The Hall–Kier alpha value is -3.16. The Morgan fingerprint density at radius 3 is 2.33 bits per heavy atom. The van der Waals surface area contributed by atoms with Crippen LogP contribution in [-0.4, -0.2) is 41.2 Å². The molecule has 162 valence electrons. The number of esters is 1. The molecule has 0 radical (unpaired) electrons. The number of methoxy groups -OCH3 is 1. The predicted molar refractivity (Wildman–Crippen MR) is 109 cm³/mol. The van der Waals surface area contributed by atoms with Gasteiger partial charge in [-0.2, -0.15) is 0 Å². The van der Waals surface area contributed by atoms with Crippen molar-refractivity contribution in [3.8, 4) is 11.5 Å². The number of amides is 1. The van der Waals surface area contributed by atoms with Gasteiger partial charge in [0.2, 0.25) is 0 Å². The number of nitrogens with one attached hydrogen (secondary N) is 1. The quantitative estimate of drug-likeness (QED) is 0.669. The highest BCUT2D eigenvalue weighted by Gasteiger charge is 2.27. The lowest BCUT2D eigenvalue weighted by molar-refractivity contribution is -0.151. The molecule has 0 saturated heterocycles. The number of ether oxygens (including phenoxy) is 2. The number of nitrogens with zero attached hydrogens (tertiary/aromatic N) is 1. The number of aromatic nitrogens is 1. The molecular weight excluding hydrogens is 391 g/mol. The van der Waals surface area contributed by atoms with E-state index in [2.05, 4.69) is 10.3 Å². The maximum Gasteiger partial charge on any atom is 0.328 e. The average molecular weight is 418 g/mol. The molecule has 0 aliphatic carbocycles. The maximum atomic E-state index is 13.6. The average Bonchev–Trinajstić information content (AvgIpc) is 2.66. The summed E-state index contributed by atoms with van der Waals surface area (Å²) in [6, 6.07) is 3.33. The normalized spacial score (nSPS) is 13.8. The molecule has 0 fully saturated rings. The van der Waals surface area contributed by atoms with Crippen LogP contribution >= 0.6 is 0 Å². The highest BCUT2D eigenvalue weighted by atomic mass is 19.1. The van der Waals surface area contributed by atoms with Gasteiger partial charge in [-0.15, -0.1) is 0 Å². The van der Waals surface area contributed by atoms with Crippen molar-refractivity contribution in [2.45, 2.75) is 52.7 Å². The van der Waals surface area contributed by atoms with Gasteiger partial charge < -0.3 is 19.9 Å². The van der Waals surface area contributed by atoms with E-state index in [-0.39, 0.29) is 23.2 Å². The van der Waals surface area contributed by atoms with E-state index >= 15 is 0 Å². The van der Waals surface area contributed by atoms with Crippen molar-refractivity contribution in [2.75, 3.05) is 7.11 Å². The molecule has 2 N–H and O–H groups in total. The van der Waals surface area contributed by atoms with Crippen LogP contribution in [0.4, 0.5) is 4.39 Å². The summed E-state index contributed by atoms with van der Waals surface area (Å²) in [4.78, 5) is 28.7. The molecule has 1 aromatic heterocycles. The molecule has 0 unspecified atom stereocenters. The van der Waals surface area contributed by atoms with Crippen molar-refractivity contribution >= 4 is 11.9 Å². The van der Waals surface area contributed by atoms with Gasteiger partial charge in [0.05, 0.1) is 7.11 Å². The van der Waals surface area contributed by atoms with Gasteiger partial charge in [-0.3, -0.25) is 4.79 Å². The fourth-order valence-corrected chi connectivity index (χ4v) is 3.35. The molecule has 7 nitrogen and oxygen atoms in total. The summed E-state index contributed by atoms with van der Waals surface area (Å²) in [6.07, 6.45) is 0.802. The van der Waals surface area contributed by atoms with Crippen molar-refractivity contribution in [3.63, 3.8) is 0 Å². The number of halogens is 1. The Morgan fingerprint density at radius 2 is 1.77 bits per heavy atom. The minimum Gasteiger partial charge on any atom is -0.503 e. The summed E-state index contributed by atoms with van der Waals surface area (Å²) in [7, 11) is 1.35. The van der Waals surface area contributed by atoms with Crippen molar-refractivity contribution in [1.29, 1.82) is 0 Å². The van der Waals surface area contributed by atoms with Crippen LogP contribution < -0.4 is 10.1 Å². The van der Waals surface area contributed by atoms with Gasteiger partial charge in [0.15, 0.2) is 17.2 Å². The second-order valence-electron chi connectivity index (χ2n) is 7.29. The topological polar surface area (TPSA) is 97.8 Å². The number of hydrogen-bond donors (Lipinski definition) is 2. The lowest BCUT2D eigenvalue weighted by Crippen LogP contribution is -2.41. The lowest BCUT2D eigenvalue weighted by Gasteiger charge is -2.25. The van der Waals surface area contributed by atoms with Crippen LogP contribution in [-0.2, 0) is 9.53 Å². The number of benzene rings is 1. The molecule has 3 atom stereocenters. The number of carbonyl (C=O) groups excluding carboxylic acids is 2. The molecular formula is C22H27FN2O5.